The Balaban J connectivity index is 1.10. The third-order valence-electron chi connectivity index (χ3n) is 5.85. The van der Waals surface area contributed by atoms with Gasteiger partial charge < -0.3 is 15.5 Å². The molecule has 164 valence electrons. The lowest BCUT2D eigenvalue weighted by atomic mass is 10.0. The van der Waals surface area contributed by atoms with Crippen LogP contribution in [-0.4, -0.2) is 46.0 Å². The molecule has 0 aliphatic carbocycles. The summed E-state index contributed by atoms with van der Waals surface area (Å²) in [6.45, 7) is 2.95. The van der Waals surface area contributed by atoms with Gasteiger partial charge in [0.25, 0.3) is 5.91 Å². The van der Waals surface area contributed by atoms with Crippen LogP contribution in [0.25, 0.3) is 4.96 Å². The minimum Gasteiger partial charge on any atom is -0.371 e. The van der Waals surface area contributed by atoms with Gasteiger partial charge >= 0.3 is 0 Å². The minimum absolute atomic E-state index is 0.143. The van der Waals surface area contributed by atoms with Gasteiger partial charge in [0, 0.05) is 73.6 Å². The number of carbonyl (C=O) groups excluding carboxylic acids is 1. The van der Waals surface area contributed by atoms with Crippen molar-refractivity contribution in [1.82, 2.24) is 19.7 Å². The number of nitrogens with one attached hydrogen (secondary N) is 2. The molecule has 1 saturated heterocycles. The lowest BCUT2D eigenvalue weighted by Gasteiger charge is -2.34. The highest BCUT2D eigenvalue weighted by Crippen LogP contribution is 2.23. The monoisotopic (exact) mass is 446 g/mol. The predicted octanol–water partition coefficient (Wildman–Crippen LogP) is 3.84. The van der Waals surface area contributed by atoms with Gasteiger partial charge in [-0.25, -0.2) is 4.98 Å². The Kier molecular flexibility index (Phi) is 6.13. The molecule has 1 aliphatic rings. The Morgan fingerprint density at radius 2 is 2.09 bits per heavy atom. The zero-order valence-corrected chi connectivity index (χ0v) is 18.6. The maximum Gasteiger partial charge on any atom is 0.257 e. The molecule has 32 heavy (non-hydrogen) atoms. The van der Waals surface area contributed by atoms with Crippen LogP contribution in [0.4, 0.5) is 11.4 Å². The summed E-state index contributed by atoms with van der Waals surface area (Å²) < 4.78 is 2.09. The van der Waals surface area contributed by atoms with E-state index in [4.69, 9.17) is 0 Å². The summed E-state index contributed by atoms with van der Waals surface area (Å²) in [6.07, 6.45) is 10.6. The Labute approximate surface area is 191 Å². The van der Waals surface area contributed by atoms with Crippen LogP contribution in [0.3, 0.4) is 0 Å². The van der Waals surface area contributed by atoms with Crippen LogP contribution in [0.15, 0.2) is 66.6 Å². The Hall–Kier alpha value is -3.23. The van der Waals surface area contributed by atoms with E-state index in [-0.39, 0.29) is 5.91 Å². The molecule has 8 heteroatoms. The Morgan fingerprint density at radius 3 is 2.91 bits per heavy atom. The number of pyridine rings is 1. The number of thiazole rings is 1. The van der Waals surface area contributed by atoms with Gasteiger partial charge in [0.05, 0.1) is 11.3 Å². The SMILES string of the molecule is O=C(Nc1cccc(N2CCC(NCCc3cn4ccsc4n3)CC2)c1)c1cccnc1. The number of nitrogens with zero attached hydrogens (tertiary/aromatic N) is 4. The standard InChI is InChI=1S/C24H26N6OS/c31-23(18-3-2-9-25-16-18)27-20-4-1-5-22(15-20)29-11-7-19(8-12-29)26-10-6-21-17-30-13-14-32-24(30)28-21/h1-5,9,13-17,19,26H,6-8,10-12H2,(H,27,31). The second-order valence-corrected chi connectivity index (χ2v) is 8.91. The Bertz CT molecular complexity index is 1150. The molecule has 0 spiro atoms. The molecule has 5 rings (SSSR count). The number of hydrogen-bond acceptors (Lipinski definition) is 6. The van der Waals surface area contributed by atoms with Gasteiger partial charge in [-0.1, -0.05) is 6.07 Å². The van der Waals surface area contributed by atoms with Crippen molar-refractivity contribution in [3.05, 3.63) is 77.8 Å². The zero-order valence-electron chi connectivity index (χ0n) is 17.8. The molecule has 0 atom stereocenters. The summed E-state index contributed by atoms with van der Waals surface area (Å²) in [5.41, 5.74) is 3.65. The molecule has 2 N–H and O–H groups in total. The van der Waals surface area contributed by atoms with Gasteiger partial charge in [-0.3, -0.25) is 14.2 Å². The molecular weight excluding hydrogens is 420 g/mol. The molecule has 1 aliphatic heterocycles. The molecule has 4 aromatic rings. The molecule has 0 radical (unpaired) electrons. The van der Waals surface area contributed by atoms with Crippen molar-refractivity contribution in [2.45, 2.75) is 25.3 Å². The first kappa shape index (κ1) is 20.7. The first-order valence-electron chi connectivity index (χ1n) is 11.0. The molecule has 1 fully saturated rings. The van der Waals surface area contributed by atoms with Crippen molar-refractivity contribution in [3.63, 3.8) is 0 Å². The first-order chi connectivity index (χ1) is 15.7. The average Bonchev–Trinajstić information content (AvgIpc) is 3.42. The maximum absolute atomic E-state index is 12.4. The van der Waals surface area contributed by atoms with Crippen LogP contribution in [0, 0.1) is 0 Å². The van der Waals surface area contributed by atoms with Gasteiger partial charge in [0.1, 0.15) is 0 Å². The molecule has 0 unspecified atom stereocenters. The van der Waals surface area contributed by atoms with Crippen LogP contribution in [-0.2, 0) is 6.42 Å². The van der Waals surface area contributed by atoms with Crippen LogP contribution in [0.5, 0.6) is 0 Å². The first-order valence-corrected chi connectivity index (χ1v) is 11.8. The smallest absolute Gasteiger partial charge is 0.257 e. The highest BCUT2D eigenvalue weighted by molar-refractivity contribution is 7.15. The molecule has 3 aromatic heterocycles. The van der Waals surface area contributed by atoms with Crippen molar-refractivity contribution in [1.29, 1.82) is 0 Å². The largest absolute Gasteiger partial charge is 0.371 e. The molecule has 4 heterocycles. The number of piperidine rings is 1. The van der Waals surface area contributed by atoms with Crippen LogP contribution in [0.1, 0.15) is 28.9 Å². The van der Waals surface area contributed by atoms with E-state index < -0.39 is 0 Å². The van der Waals surface area contributed by atoms with Gasteiger partial charge in [-0.2, -0.15) is 0 Å². The molecule has 1 aromatic carbocycles. The fourth-order valence-electron chi connectivity index (χ4n) is 4.12. The average molecular weight is 447 g/mol. The van der Waals surface area contributed by atoms with Crippen LogP contribution < -0.4 is 15.5 Å². The van der Waals surface area contributed by atoms with E-state index in [1.54, 1.807) is 35.9 Å². The minimum atomic E-state index is -0.143. The third kappa shape index (κ3) is 4.81. The van der Waals surface area contributed by atoms with Gasteiger partial charge in [0.2, 0.25) is 0 Å². The number of amides is 1. The molecule has 7 nitrogen and oxygen atoms in total. The molecule has 0 saturated carbocycles. The predicted molar refractivity (Wildman–Crippen MR) is 129 cm³/mol. The summed E-state index contributed by atoms with van der Waals surface area (Å²) in [5.74, 6) is -0.143. The van der Waals surface area contributed by atoms with Crippen molar-refractivity contribution in [2.75, 3.05) is 29.9 Å². The zero-order chi connectivity index (χ0) is 21.8. The van der Waals surface area contributed by atoms with Crippen molar-refractivity contribution in [3.8, 4) is 0 Å². The summed E-state index contributed by atoms with van der Waals surface area (Å²) >= 11 is 1.67. The van der Waals surface area contributed by atoms with E-state index in [0.29, 0.717) is 11.6 Å². The summed E-state index contributed by atoms with van der Waals surface area (Å²) in [6, 6.07) is 12.1. The van der Waals surface area contributed by atoms with Crippen molar-refractivity contribution >= 4 is 33.6 Å². The molecular formula is C24H26N6OS. The fraction of sp³-hybridized carbons (Fsp3) is 0.292. The number of anilines is 2. The van der Waals surface area contributed by atoms with Crippen molar-refractivity contribution in [2.24, 2.45) is 0 Å². The number of benzene rings is 1. The normalized spacial score (nSPS) is 14.7. The summed E-state index contributed by atoms with van der Waals surface area (Å²) in [4.78, 5) is 24.5. The Morgan fingerprint density at radius 1 is 1.19 bits per heavy atom. The van der Waals surface area contributed by atoms with Gasteiger partial charge in [0.15, 0.2) is 4.96 Å². The highest BCUT2D eigenvalue weighted by Gasteiger charge is 2.19. The molecule has 0 bridgehead atoms. The van der Waals surface area contributed by atoms with E-state index in [9.17, 15) is 4.79 Å². The lowest BCUT2D eigenvalue weighted by Crippen LogP contribution is -2.43. The lowest BCUT2D eigenvalue weighted by molar-refractivity contribution is 0.102. The van der Waals surface area contributed by atoms with E-state index in [0.717, 1.165) is 60.9 Å². The van der Waals surface area contributed by atoms with E-state index in [1.165, 1.54) is 0 Å². The number of rotatable bonds is 7. The summed E-state index contributed by atoms with van der Waals surface area (Å²) in [5, 5.41) is 8.73. The topological polar surface area (TPSA) is 74.6 Å². The summed E-state index contributed by atoms with van der Waals surface area (Å²) in [7, 11) is 0. The van der Waals surface area contributed by atoms with E-state index in [2.05, 4.69) is 53.7 Å². The van der Waals surface area contributed by atoms with Gasteiger partial charge in [-0.05, 0) is 43.2 Å². The van der Waals surface area contributed by atoms with E-state index >= 15 is 0 Å². The quantitative estimate of drug-likeness (QED) is 0.451. The number of carbonyl (C=O) groups is 1. The van der Waals surface area contributed by atoms with E-state index in [1.807, 2.05) is 18.2 Å². The fourth-order valence-corrected chi connectivity index (χ4v) is 4.84. The second-order valence-electron chi connectivity index (χ2n) is 8.04. The number of hydrogen-bond donors (Lipinski definition) is 2. The number of imidazole rings is 1. The molecule has 1 amide bonds. The van der Waals surface area contributed by atoms with Crippen LogP contribution >= 0.6 is 11.3 Å². The number of aromatic nitrogens is 3. The van der Waals surface area contributed by atoms with Crippen molar-refractivity contribution < 1.29 is 4.79 Å². The second kappa shape index (κ2) is 9.50. The maximum atomic E-state index is 12.4. The van der Waals surface area contributed by atoms with Crippen LogP contribution in [0.2, 0.25) is 0 Å². The third-order valence-corrected chi connectivity index (χ3v) is 6.62. The highest BCUT2D eigenvalue weighted by atomic mass is 32.1. The van der Waals surface area contributed by atoms with Gasteiger partial charge in [-0.15, -0.1) is 11.3 Å². The number of fused-ring (bicyclic) bond motifs is 1.